The third-order valence-corrected chi connectivity index (χ3v) is 7.32. The average Bonchev–Trinajstić information content (AvgIpc) is 2.46. The third kappa shape index (κ3) is 1.35. The van der Waals surface area contributed by atoms with Gasteiger partial charge in [-0.05, 0) is 42.4 Å². The van der Waals surface area contributed by atoms with Gasteiger partial charge < -0.3 is 0 Å². The average molecular weight is 310 g/mol. The van der Waals surface area contributed by atoms with Crippen LogP contribution in [-0.4, -0.2) is 3.23 Å². The summed E-state index contributed by atoms with van der Waals surface area (Å²) in [7, 11) is 0. The lowest BCUT2D eigenvalue weighted by Crippen LogP contribution is -2.18. The largest absolute Gasteiger partial charge is 0.0896 e. The molecule has 0 radical (unpaired) electrons. The fourth-order valence-corrected chi connectivity index (χ4v) is 5.04. The summed E-state index contributed by atoms with van der Waals surface area (Å²) in [6.45, 7) is 7.14. The van der Waals surface area contributed by atoms with Crippen LogP contribution in [0.5, 0.6) is 0 Å². The molecule has 2 aliphatic rings. The van der Waals surface area contributed by atoms with Gasteiger partial charge >= 0.3 is 0 Å². The van der Waals surface area contributed by atoms with E-state index >= 15 is 0 Å². The van der Waals surface area contributed by atoms with Gasteiger partial charge in [-0.3, -0.25) is 0 Å². The molecule has 0 aromatic rings. The fraction of sp³-hybridized carbons (Fsp3) is 1.00. The van der Waals surface area contributed by atoms with Gasteiger partial charge in [-0.25, -0.2) is 0 Å². The van der Waals surface area contributed by atoms with Crippen molar-refractivity contribution in [1.82, 2.24) is 0 Å². The Morgan fingerprint density at radius 1 is 1.31 bits per heavy atom. The number of rotatable bonds is 1. The molecule has 0 N–H and O–H groups in total. The van der Waals surface area contributed by atoms with Crippen LogP contribution in [0.1, 0.15) is 40.0 Å². The molecule has 0 nitrogen and oxygen atoms in total. The SMILES string of the molecule is CC(C)[C@@H]1CCC2(C)C(C1)C2(Br)Br. The summed E-state index contributed by atoms with van der Waals surface area (Å²) in [4.78, 5) is 0. The molecule has 2 heteroatoms. The second-order valence-electron chi connectivity index (χ2n) is 5.37. The molecule has 0 amide bonds. The summed E-state index contributed by atoms with van der Waals surface area (Å²) in [5, 5.41) is 0. The maximum atomic E-state index is 3.83. The lowest BCUT2D eigenvalue weighted by molar-refractivity contribution is 0.227. The zero-order valence-corrected chi connectivity index (χ0v) is 11.8. The maximum Gasteiger partial charge on any atom is 0.0896 e. The van der Waals surface area contributed by atoms with E-state index in [1.165, 1.54) is 19.3 Å². The Balaban J connectivity index is 2.06. The van der Waals surface area contributed by atoms with Crippen LogP contribution in [0.4, 0.5) is 0 Å². The summed E-state index contributed by atoms with van der Waals surface area (Å²) in [5.41, 5.74) is 0.540. The van der Waals surface area contributed by atoms with Crippen LogP contribution in [-0.2, 0) is 0 Å². The van der Waals surface area contributed by atoms with Gasteiger partial charge in [0.05, 0.1) is 3.23 Å². The first kappa shape index (κ1) is 10.5. The molecule has 2 fully saturated rings. The minimum absolute atomic E-state index is 0.274. The molecule has 0 heterocycles. The van der Waals surface area contributed by atoms with Crippen LogP contribution in [0.3, 0.4) is 0 Å². The van der Waals surface area contributed by atoms with E-state index in [9.17, 15) is 0 Å². The first-order valence-corrected chi connectivity index (χ1v) is 6.86. The van der Waals surface area contributed by atoms with E-state index in [4.69, 9.17) is 0 Å². The van der Waals surface area contributed by atoms with Gasteiger partial charge in [0.2, 0.25) is 0 Å². The summed E-state index contributed by atoms with van der Waals surface area (Å²) in [6.07, 6.45) is 4.21. The van der Waals surface area contributed by atoms with Crippen molar-refractivity contribution in [1.29, 1.82) is 0 Å². The quantitative estimate of drug-likeness (QED) is 0.623. The molecule has 0 saturated heterocycles. The van der Waals surface area contributed by atoms with Gasteiger partial charge in [-0.2, -0.15) is 0 Å². The molecule has 2 aliphatic carbocycles. The second-order valence-corrected chi connectivity index (χ2v) is 8.94. The standard InChI is InChI=1S/C11H18Br2/c1-7(2)8-4-5-10(3)9(6-8)11(10,12)13/h7-9H,4-6H2,1-3H3/t8-,9?,10?/m1/s1. The molecule has 76 valence electrons. The molecule has 0 bridgehead atoms. The topological polar surface area (TPSA) is 0 Å². The molecule has 0 aromatic heterocycles. The third-order valence-electron chi connectivity index (χ3n) is 4.40. The molecule has 2 rings (SSSR count). The molecule has 13 heavy (non-hydrogen) atoms. The van der Waals surface area contributed by atoms with Crippen molar-refractivity contribution in [3.05, 3.63) is 0 Å². The Bertz CT molecular complexity index is 222. The van der Waals surface area contributed by atoms with Crippen LogP contribution in [0, 0.1) is 23.2 Å². The van der Waals surface area contributed by atoms with Gasteiger partial charge in [-0.15, -0.1) is 0 Å². The molecule has 0 aliphatic heterocycles. The van der Waals surface area contributed by atoms with Crippen molar-refractivity contribution >= 4 is 31.9 Å². The van der Waals surface area contributed by atoms with Crippen molar-refractivity contribution in [2.75, 3.05) is 0 Å². The van der Waals surface area contributed by atoms with Crippen molar-refractivity contribution in [2.24, 2.45) is 23.2 Å². The Kier molecular flexibility index (Phi) is 2.40. The molecule has 0 aromatic carbocycles. The fourth-order valence-electron chi connectivity index (χ4n) is 2.93. The first-order chi connectivity index (χ1) is 5.89. The lowest BCUT2D eigenvalue weighted by Gasteiger charge is -2.27. The highest BCUT2D eigenvalue weighted by atomic mass is 79.9. The van der Waals surface area contributed by atoms with Gasteiger partial charge in [-0.1, -0.05) is 52.6 Å². The normalized spacial score (nSPS) is 47.5. The van der Waals surface area contributed by atoms with Crippen molar-refractivity contribution < 1.29 is 0 Å². The summed E-state index contributed by atoms with van der Waals surface area (Å²) in [6, 6.07) is 0. The molecule has 2 saturated carbocycles. The number of halogens is 2. The van der Waals surface area contributed by atoms with E-state index in [2.05, 4.69) is 52.6 Å². The van der Waals surface area contributed by atoms with E-state index < -0.39 is 0 Å². The number of fused-ring (bicyclic) bond motifs is 1. The molecular weight excluding hydrogens is 292 g/mol. The predicted molar refractivity (Wildman–Crippen MR) is 64.4 cm³/mol. The zero-order valence-electron chi connectivity index (χ0n) is 8.61. The zero-order chi connectivity index (χ0) is 9.85. The summed E-state index contributed by atoms with van der Waals surface area (Å²) < 4.78 is 0.274. The van der Waals surface area contributed by atoms with Gasteiger partial charge in [0, 0.05) is 0 Å². The maximum absolute atomic E-state index is 3.83. The predicted octanol–water partition coefficient (Wildman–Crippen LogP) is 4.56. The molecule has 0 spiro atoms. The monoisotopic (exact) mass is 308 g/mol. The Labute approximate surface area is 98.1 Å². The van der Waals surface area contributed by atoms with E-state index in [0.717, 1.165) is 17.8 Å². The first-order valence-electron chi connectivity index (χ1n) is 5.27. The van der Waals surface area contributed by atoms with Gasteiger partial charge in [0.15, 0.2) is 0 Å². The second kappa shape index (κ2) is 2.98. The van der Waals surface area contributed by atoms with Crippen LogP contribution >= 0.6 is 31.9 Å². The Morgan fingerprint density at radius 2 is 1.92 bits per heavy atom. The van der Waals surface area contributed by atoms with E-state index in [1.54, 1.807) is 0 Å². The molecule has 2 unspecified atom stereocenters. The molecule has 3 atom stereocenters. The van der Waals surface area contributed by atoms with Crippen molar-refractivity contribution in [2.45, 2.75) is 43.3 Å². The minimum atomic E-state index is 0.274. The van der Waals surface area contributed by atoms with Crippen molar-refractivity contribution in [3.8, 4) is 0 Å². The highest BCUT2D eigenvalue weighted by Crippen LogP contribution is 2.77. The Hall–Kier alpha value is 0.960. The number of hydrogen-bond donors (Lipinski definition) is 0. The van der Waals surface area contributed by atoms with Crippen LogP contribution in [0.15, 0.2) is 0 Å². The Morgan fingerprint density at radius 3 is 2.38 bits per heavy atom. The highest BCUT2D eigenvalue weighted by Gasteiger charge is 2.72. The summed E-state index contributed by atoms with van der Waals surface area (Å²) in [5.74, 6) is 2.68. The van der Waals surface area contributed by atoms with Gasteiger partial charge in [0.1, 0.15) is 0 Å². The summed E-state index contributed by atoms with van der Waals surface area (Å²) >= 11 is 7.66. The highest BCUT2D eigenvalue weighted by molar-refractivity contribution is 9.25. The molecular formula is C11H18Br2. The van der Waals surface area contributed by atoms with Crippen molar-refractivity contribution in [3.63, 3.8) is 0 Å². The van der Waals surface area contributed by atoms with E-state index in [-0.39, 0.29) is 3.23 Å². The van der Waals surface area contributed by atoms with Crippen LogP contribution in [0.25, 0.3) is 0 Å². The smallest absolute Gasteiger partial charge is 0.0718 e. The van der Waals surface area contributed by atoms with E-state index in [0.29, 0.717) is 5.41 Å². The van der Waals surface area contributed by atoms with E-state index in [1.807, 2.05) is 0 Å². The number of alkyl halides is 2. The lowest BCUT2D eigenvalue weighted by atomic mass is 9.78. The van der Waals surface area contributed by atoms with Gasteiger partial charge in [0.25, 0.3) is 0 Å². The number of hydrogen-bond acceptors (Lipinski definition) is 0. The van der Waals surface area contributed by atoms with Crippen LogP contribution in [0.2, 0.25) is 0 Å². The minimum Gasteiger partial charge on any atom is -0.0718 e. The van der Waals surface area contributed by atoms with Crippen LogP contribution < -0.4 is 0 Å².